The van der Waals surface area contributed by atoms with Crippen molar-refractivity contribution in [3.05, 3.63) is 47.0 Å². The number of benzene rings is 1. The Morgan fingerprint density at radius 2 is 2.28 bits per heavy atom. The first-order valence-corrected chi connectivity index (χ1v) is 6.37. The molecule has 1 unspecified atom stereocenters. The third-order valence-corrected chi connectivity index (χ3v) is 3.44. The zero-order chi connectivity index (χ0) is 12.5. The summed E-state index contributed by atoms with van der Waals surface area (Å²) in [6.07, 6.45) is 2.14. The van der Waals surface area contributed by atoms with Crippen molar-refractivity contribution in [2.75, 3.05) is 0 Å². The second-order valence-corrected chi connectivity index (χ2v) is 5.00. The van der Waals surface area contributed by atoms with E-state index >= 15 is 0 Å². The van der Waals surface area contributed by atoms with E-state index in [1.54, 1.807) is 0 Å². The van der Waals surface area contributed by atoms with Crippen LogP contribution in [-0.2, 0) is 19.4 Å². The largest absolute Gasteiger partial charge is 0.391 e. The number of aliphatic hydroxyl groups is 1. The van der Waals surface area contributed by atoms with Gasteiger partial charge in [0.05, 0.1) is 12.6 Å². The summed E-state index contributed by atoms with van der Waals surface area (Å²) in [7, 11) is 0. The van der Waals surface area contributed by atoms with Crippen molar-refractivity contribution in [2.45, 2.75) is 38.8 Å². The van der Waals surface area contributed by atoms with Gasteiger partial charge in [-0.05, 0) is 18.9 Å². The van der Waals surface area contributed by atoms with E-state index in [4.69, 9.17) is 0 Å². The SMILES string of the molecule is Cc1cccc(Cc2nnc3n2CC(O)CC3)c1. The predicted octanol–water partition coefficient (Wildman–Crippen LogP) is 1.48. The van der Waals surface area contributed by atoms with Crippen LogP contribution in [0.5, 0.6) is 0 Å². The standard InChI is InChI=1S/C14H17N3O/c1-10-3-2-4-11(7-10)8-14-16-15-13-6-5-12(18)9-17(13)14/h2-4,7,12,18H,5-6,8-9H2,1H3. The van der Waals surface area contributed by atoms with Crippen molar-refractivity contribution >= 4 is 0 Å². The van der Waals surface area contributed by atoms with Gasteiger partial charge in [-0.25, -0.2) is 0 Å². The lowest BCUT2D eigenvalue weighted by molar-refractivity contribution is 0.129. The number of rotatable bonds is 2. The number of aryl methyl sites for hydroxylation is 2. The Morgan fingerprint density at radius 3 is 3.11 bits per heavy atom. The van der Waals surface area contributed by atoms with Gasteiger partial charge in [-0.3, -0.25) is 0 Å². The van der Waals surface area contributed by atoms with Crippen LogP contribution in [0.3, 0.4) is 0 Å². The molecule has 2 aromatic rings. The Hall–Kier alpha value is -1.68. The van der Waals surface area contributed by atoms with E-state index < -0.39 is 0 Å². The van der Waals surface area contributed by atoms with Crippen molar-refractivity contribution in [1.29, 1.82) is 0 Å². The van der Waals surface area contributed by atoms with Crippen LogP contribution in [0.15, 0.2) is 24.3 Å². The molecule has 4 nitrogen and oxygen atoms in total. The third-order valence-electron chi connectivity index (χ3n) is 3.44. The molecular formula is C14H17N3O. The van der Waals surface area contributed by atoms with E-state index in [-0.39, 0.29) is 6.10 Å². The molecular weight excluding hydrogens is 226 g/mol. The molecule has 4 heteroatoms. The van der Waals surface area contributed by atoms with Gasteiger partial charge in [-0.15, -0.1) is 10.2 Å². The van der Waals surface area contributed by atoms with Crippen LogP contribution in [0.1, 0.15) is 29.2 Å². The third kappa shape index (κ3) is 2.16. The fourth-order valence-corrected chi connectivity index (χ4v) is 2.50. The molecule has 0 amide bonds. The van der Waals surface area contributed by atoms with Gasteiger partial charge in [0.25, 0.3) is 0 Å². The molecule has 18 heavy (non-hydrogen) atoms. The minimum Gasteiger partial charge on any atom is -0.391 e. The van der Waals surface area contributed by atoms with E-state index in [1.165, 1.54) is 11.1 Å². The van der Waals surface area contributed by atoms with Gasteiger partial charge < -0.3 is 9.67 Å². The molecule has 0 fully saturated rings. The first-order valence-electron chi connectivity index (χ1n) is 6.37. The zero-order valence-corrected chi connectivity index (χ0v) is 10.5. The maximum Gasteiger partial charge on any atom is 0.137 e. The minimum atomic E-state index is -0.259. The summed E-state index contributed by atoms with van der Waals surface area (Å²) in [5, 5.41) is 18.2. The van der Waals surface area contributed by atoms with Crippen LogP contribution < -0.4 is 0 Å². The Bertz CT molecular complexity index is 562. The molecule has 0 aliphatic carbocycles. The van der Waals surface area contributed by atoms with E-state index in [0.29, 0.717) is 6.54 Å². The predicted molar refractivity (Wildman–Crippen MR) is 68.3 cm³/mol. The smallest absolute Gasteiger partial charge is 0.137 e. The molecule has 3 rings (SSSR count). The molecule has 0 saturated heterocycles. The summed E-state index contributed by atoms with van der Waals surface area (Å²) in [4.78, 5) is 0. The second-order valence-electron chi connectivity index (χ2n) is 5.00. The van der Waals surface area contributed by atoms with Gasteiger partial charge in [0.2, 0.25) is 0 Å². The second kappa shape index (κ2) is 4.53. The highest BCUT2D eigenvalue weighted by Gasteiger charge is 2.21. The summed E-state index contributed by atoms with van der Waals surface area (Å²) >= 11 is 0. The first-order chi connectivity index (χ1) is 8.72. The topological polar surface area (TPSA) is 50.9 Å². The Kier molecular flexibility index (Phi) is 2.88. The van der Waals surface area contributed by atoms with Crippen LogP contribution >= 0.6 is 0 Å². The normalized spacial score (nSPS) is 18.7. The highest BCUT2D eigenvalue weighted by atomic mass is 16.3. The van der Waals surface area contributed by atoms with Crippen molar-refractivity contribution in [2.24, 2.45) is 0 Å². The van der Waals surface area contributed by atoms with Crippen LogP contribution in [-0.4, -0.2) is 26.0 Å². The van der Waals surface area contributed by atoms with Crippen molar-refractivity contribution in [3.8, 4) is 0 Å². The lowest BCUT2D eigenvalue weighted by Gasteiger charge is -2.20. The van der Waals surface area contributed by atoms with Gasteiger partial charge in [-0.2, -0.15) is 0 Å². The molecule has 2 heterocycles. The highest BCUT2D eigenvalue weighted by molar-refractivity contribution is 5.25. The molecule has 1 aliphatic rings. The number of fused-ring (bicyclic) bond motifs is 1. The molecule has 0 spiro atoms. The van der Waals surface area contributed by atoms with E-state index in [0.717, 1.165) is 30.9 Å². The van der Waals surface area contributed by atoms with E-state index in [2.05, 4.69) is 46.0 Å². The van der Waals surface area contributed by atoms with Crippen molar-refractivity contribution in [3.63, 3.8) is 0 Å². The minimum absolute atomic E-state index is 0.259. The van der Waals surface area contributed by atoms with E-state index in [1.807, 2.05) is 0 Å². The van der Waals surface area contributed by atoms with Gasteiger partial charge >= 0.3 is 0 Å². The fourth-order valence-electron chi connectivity index (χ4n) is 2.50. The molecule has 1 aliphatic heterocycles. The molecule has 0 saturated carbocycles. The first kappa shape index (κ1) is 11.4. The number of hydrogen-bond donors (Lipinski definition) is 1. The maximum absolute atomic E-state index is 9.73. The monoisotopic (exact) mass is 243 g/mol. The summed E-state index contributed by atoms with van der Waals surface area (Å²) in [6.45, 7) is 2.72. The fraction of sp³-hybridized carbons (Fsp3) is 0.429. The summed E-state index contributed by atoms with van der Waals surface area (Å²) < 4.78 is 2.07. The average molecular weight is 243 g/mol. The van der Waals surface area contributed by atoms with Gasteiger partial charge in [0.1, 0.15) is 11.6 Å². The van der Waals surface area contributed by atoms with Crippen molar-refractivity contribution < 1.29 is 5.11 Å². The summed E-state index contributed by atoms with van der Waals surface area (Å²) in [5.74, 6) is 1.96. The van der Waals surface area contributed by atoms with Gasteiger partial charge in [0.15, 0.2) is 0 Å². The number of nitrogens with zero attached hydrogens (tertiary/aromatic N) is 3. The van der Waals surface area contributed by atoms with Crippen LogP contribution in [0.4, 0.5) is 0 Å². The van der Waals surface area contributed by atoms with Crippen molar-refractivity contribution in [1.82, 2.24) is 14.8 Å². The average Bonchev–Trinajstić information content (AvgIpc) is 2.72. The molecule has 94 valence electrons. The lowest BCUT2D eigenvalue weighted by Crippen LogP contribution is -2.25. The molecule has 1 N–H and O–H groups in total. The number of aliphatic hydroxyl groups excluding tert-OH is 1. The number of hydrogen-bond acceptors (Lipinski definition) is 3. The Labute approximate surface area is 106 Å². The van der Waals surface area contributed by atoms with E-state index in [9.17, 15) is 5.11 Å². The van der Waals surface area contributed by atoms with Crippen LogP contribution in [0.2, 0.25) is 0 Å². The summed E-state index contributed by atoms with van der Waals surface area (Å²) in [5.41, 5.74) is 2.50. The Balaban J connectivity index is 1.87. The van der Waals surface area contributed by atoms with Crippen LogP contribution in [0, 0.1) is 6.92 Å². The van der Waals surface area contributed by atoms with Gasteiger partial charge in [0, 0.05) is 12.8 Å². The molecule has 0 bridgehead atoms. The maximum atomic E-state index is 9.73. The zero-order valence-electron chi connectivity index (χ0n) is 10.5. The molecule has 1 aromatic carbocycles. The lowest BCUT2D eigenvalue weighted by atomic mass is 10.1. The van der Waals surface area contributed by atoms with Crippen LogP contribution in [0.25, 0.3) is 0 Å². The molecule has 1 atom stereocenters. The quantitative estimate of drug-likeness (QED) is 0.869. The summed E-state index contributed by atoms with van der Waals surface area (Å²) in [6, 6.07) is 8.42. The highest BCUT2D eigenvalue weighted by Crippen LogP contribution is 2.17. The Morgan fingerprint density at radius 1 is 1.39 bits per heavy atom. The van der Waals surface area contributed by atoms with Gasteiger partial charge in [-0.1, -0.05) is 29.8 Å². The molecule has 0 radical (unpaired) electrons. The molecule has 1 aromatic heterocycles. The number of aromatic nitrogens is 3.